The third-order valence-corrected chi connectivity index (χ3v) is 5.41. The Morgan fingerprint density at radius 1 is 1.24 bits per heavy atom. The molecular weight excluding hydrogens is 320 g/mol. The number of carbonyl (C=O) groups is 2. The van der Waals surface area contributed by atoms with E-state index in [-0.39, 0.29) is 24.1 Å². The maximum absolute atomic E-state index is 12.4. The molecule has 2 aliphatic heterocycles. The highest BCUT2D eigenvalue weighted by Crippen LogP contribution is 2.39. The monoisotopic (exact) mass is 352 g/mol. The lowest BCUT2D eigenvalue weighted by molar-refractivity contribution is -0.177. The molecule has 3 fully saturated rings. The molecule has 1 N–H and O–H groups in total. The van der Waals surface area contributed by atoms with E-state index in [0.29, 0.717) is 18.8 Å². The van der Waals surface area contributed by atoms with E-state index in [4.69, 9.17) is 9.47 Å². The van der Waals surface area contributed by atoms with Gasteiger partial charge in [0.15, 0.2) is 5.72 Å². The van der Waals surface area contributed by atoms with Crippen molar-refractivity contribution in [2.75, 3.05) is 7.05 Å². The standard InChI is InChI=1S/C19H32N2O4/c1-18(2,3)25-17(23)21(4)15-11-14-6-5-9-19(12-15,20-14)24-16(22)10-13-7-8-13/h13-15,20H,5-12H2,1-4H3/t14-,15-,19-/m0/s1. The molecule has 2 heterocycles. The first-order valence-electron chi connectivity index (χ1n) is 9.61. The first-order chi connectivity index (χ1) is 11.7. The van der Waals surface area contributed by atoms with Crippen molar-refractivity contribution in [3.05, 3.63) is 0 Å². The quantitative estimate of drug-likeness (QED) is 0.787. The lowest BCUT2D eigenvalue weighted by Gasteiger charge is -2.50. The van der Waals surface area contributed by atoms with Crippen LogP contribution in [-0.4, -0.2) is 47.4 Å². The summed E-state index contributed by atoms with van der Waals surface area (Å²) in [5, 5.41) is 3.54. The van der Waals surface area contributed by atoms with Gasteiger partial charge in [-0.25, -0.2) is 4.79 Å². The van der Waals surface area contributed by atoms with Gasteiger partial charge in [0.2, 0.25) is 0 Å². The van der Waals surface area contributed by atoms with Gasteiger partial charge in [0, 0.05) is 38.4 Å². The number of fused-ring (bicyclic) bond motifs is 2. The van der Waals surface area contributed by atoms with E-state index in [1.807, 2.05) is 20.8 Å². The van der Waals surface area contributed by atoms with Gasteiger partial charge in [0.1, 0.15) is 5.60 Å². The number of piperidine rings is 2. The molecule has 1 amide bonds. The summed E-state index contributed by atoms with van der Waals surface area (Å²) >= 11 is 0. The largest absolute Gasteiger partial charge is 0.444 e. The van der Waals surface area contributed by atoms with Gasteiger partial charge < -0.3 is 14.4 Å². The molecule has 2 saturated heterocycles. The van der Waals surface area contributed by atoms with Gasteiger partial charge in [-0.15, -0.1) is 0 Å². The summed E-state index contributed by atoms with van der Waals surface area (Å²) in [5.74, 6) is 0.420. The Morgan fingerprint density at radius 3 is 2.60 bits per heavy atom. The van der Waals surface area contributed by atoms with Gasteiger partial charge in [-0.05, 0) is 58.8 Å². The van der Waals surface area contributed by atoms with Gasteiger partial charge >= 0.3 is 12.1 Å². The molecular formula is C19H32N2O4. The summed E-state index contributed by atoms with van der Waals surface area (Å²) in [6.07, 6.45) is 6.94. The predicted molar refractivity (Wildman–Crippen MR) is 94.0 cm³/mol. The smallest absolute Gasteiger partial charge is 0.410 e. The van der Waals surface area contributed by atoms with Crippen LogP contribution in [-0.2, 0) is 14.3 Å². The molecule has 0 aromatic rings. The van der Waals surface area contributed by atoms with Gasteiger partial charge in [-0.3, -0.25) is 10.1 Å². The number of carbonyl (C=O) groups excluding carboxylic acids is 2. The third-order valence-electron chi connectivity index (χ3n) is 5.41. The van der Waals surface area contributed by atoms with Crippen molar-refractivity contribution in [2.24, 2.45) is 5.92 Å². The topological polar surface area (TPSA) is 67.9 Å². The number of hydrogen-bond acceptors (Lipinski definition) is 5. The average Bonchev–Trinajstić information content (AvgIpc) is 3.27. The maximum atomic E-state index is 12.4. The Labute approximate surface area is 150 Å². The Bertz CT molecular complexity index is 526. The normalized spacial score (nSPS) is 32.0. The Hall–Kier alpha value is -1.30. The highest BCUT2D eigenvalue weighted by Gasteiger charge is 2.47. The molecule has 0 unspecified atom stereocenters. The summed E-state index contributed by atoms with van der Waals surface area (Å²) in [4.78, 5) is 26.4. The van der Waals surface area contributed by atoms with Crippen molar-refractivity contribution in [3.8, 4) is 0 Å². The highest BCUT2D eigenvalue weighted by atomic mass is 16.6. The van der Waals surface area contributed by atoms with Crippen molar-refractivity contribution >= 4 is 12.1 Å². The predicted octanol–water partition coefficient (Wildman–Crippen LogP) is 3.20. The summed E-state index contributed by atoms with van der Waals surface area (Å²) in [7, 11) is 1.79. The molecule has 0 spiro atoms. The second-order valence-corrected chi connectivity index (χ2v) is 9.03. The Balaban J connectivity index is 1.65. The molecule has 1 aliphatic carbocycles. The van der Waals surface area contributed by atoms with E-state index in [9.17, 15) is 9.59 Å². The lowest BCUT2D eigenvalue weighted by atomic mass is 9.80. The Morgan fingerprint density at radius 2 is 1.96 bits per heavy atom. The first kappa shape index (κ1) is 18.5. The van der Waals surface area contributed by atoms with Crippen LogP contribution in [0, 0.1) is 5.92 Å². The molecule has 0 aromatic heterocycles. The fraction of sp³-hybridized carbons (Fsp3) is 0.895. The first-order valence-corrected chi connectivity index (χ1v) is 9.61. The van der Waals surface area contributed by atoms with Gasteiger partial charge in [0.05, 0.1) is 0 Å². The summed E-state index contributed by atoms with van der Waals surface area (Å²) < 4.78 is 11.4. The van der Waals surface area contributed by atoms with Crippen LogP contribution in [0.15, 0.2) is 0 Å². The SMILES string of the molecule is CN(C(=O)OC(C)(C)C)[C@H]1C[C@@H]2CCC[C@](OC(=O)CC3CC3)(C1)N2. The minimum Gasteiger partial charge on any atom is -0.444 e. The summed E-state index contributed by atoms with van der Waals surface area (Å²) in [6.45, 7) is 5.62. The van der Waals surface area contributed by atoms with Crippen LogP contribution in [0.3, 0.4) is 0 Å². The fourth-order valence-corrected chi connectivity index (χ4v) is 4.00. The second kappa shape index (κ2) is 6.78. The average molecular weight is 352 g/mol. The molecule has 1 saturated carbocycles. The number of amides is 1. The van der Waals surface area contributed by atoms with Crippen LogP contribution < -0.4 is 5.32 Å². The van der Waals surface area contributed by atoms with Gasteiger partial charge in [-0.2, -0.15) is 0 Å². The number of esters is 1. The van der Waals surface area contributed by atoms with E-state index in [1.54, 1.807) is 11.9 Å². The van der Waals surface area contributed by atoms with Crippen LogP contribution in [0.2, 0.25) is 0 Å². The molecule has 3 atom stereocenters. The van der Waals surface area contributed by atoms with Crippen LogP contribution >= 0.6 is 0 Å². The highest BCUT2D eigenvalue weighted by molar-refractivity contribution is 5.71. The number of hydrogen-bond donors (Lipinski definition) is 1. The zero-order chi connectivity index (χ0) is 18.2. The van der Waals surface area contributed by atoms with Crippen LogP contribution in [0.4, 0.5) is 4.79 Å². The number of nitrogens with zero attached hydrogens (tertiary/aromatic N) is 1. The van der Waals surface area contributed by atoms with Crippen molar-refractivity contribution in [3.63, 3.8) is 0 Å². The molecule has 6 nitrogen and oxygen atoms in total. The van der Waals surface area contributed by atoms with Gasteiger partial charge in [-0.1, -0.05) is 0 Å². The molecule has 3 rings (SSSR count). The zero-order valence-corrected chi connectivity index (χ0v) is 16.0. The van der Waals surface area contributed by atoms with E-state index < -0.39 is 11.3 Å². The minimum absolute atomic E-state index is 0.0233. The maximum Gasteiger partial charge on any atom is 0.410 e. The van der Waals surface area contributed by atoms with Crippen molar-refractivity contribution in [1.29, 1.82) is 0 Å². The fourth-order valence-electron chi connectivity index (χ4n) is 4.00. The van der Waals surface area contributed by atoms with E-state index in [2.05, 4.69) is 5.32 Å². The summed E-state index contributed by atoms with van der Waals surface area (Å²) in [6, 6.07) is 0.307. The lowest BCUT2D eigenvalue weighted by Crippen LogP contribution is -2.64. The summed E-state index contributed by atoms with van der Waals surface area (Å²) in [5.41, 5.74) is -1.13. The third kappa shape index (κ3) is 4.87. The minimum atomic E-state index is -0.617. The molecule has 0 radical (unpaired) electrons. The van der Waals surface area contributed by atoms with Gasteiger partial charge in [0.25, 0.3) is 0 Å². The van der Waals surface area contributed by atoms with E-state index >= 15 is 0 Å². The molecule has 0 aromatic carbocycles. The van der Waals surface area contributed by atoms with Crippen molar-refractivity contribution < 1.29 is 19.1 Å². The van der Waals surface area contributed by atoms with E-state index in [0.717, 1.165) is 38.5 Å². The number of ether oxygens (including phenoxy) is 2. The van der Waals surface area contributed by atoms with E-state index in [1.165, 1.54) is 0 Å². The zero-order valence-electron chi connectivity index (χ0n) is 16.0. The van der Waals surface area contributed by atoms with Crippen molar-refractivity contribution in [1.82, 2.24) is 10.2 Å². The number of rotatable bonds is 4. The van der Waals surface area contributed by atoms with Crippen molar-refractivity contribution in [2.45, 2.75) is 95.5 Å². The van der Waals surface area contributed by atoms with Crippen LogP contribution in [0.5, 0.6) is 0 Å². The molecule has 3 aliphatic rings. The Kier molecular flexibility index (Phi) is 5.02. The van der Waals surface area contributed by atoms with Crippen LogP contribution in [0.25, 0.3) is 0 Å². The second-order valence-electron chi connectivity index (χ2n) is 9.03. The molecule has 2 bridgehead atoms. The number of nitrogens with one attached hydrogen (secondary N) is 1. The molecule has 25 heavy (non-hydrogen) atoms. The molecule has 142 valence electrons. The molecule has 6 heteroatoms. The van der Waals surface area contributed by atoms with Crippen LogP contribution in [0.1, 0.15) is 72.1 Å².